The van der Waals surface area contributed by atoms with E-state index in [0.717, 1.165) is 29.8 Å². The molecule has 0 spiro atoms. The Labute approximate surface area is 123 Å². The van der Waals surface area contributed by atoms with Crippen LogP contribution < -0.4 is 5.32 Å². The zero-order valence-corrected chi connectivity index (χ0v) is 12.5. The largest absolute Gasteiger partial charge is 0.339 e. The van der Waals surface area contributed by atoms with Gasteiger partial charge in [-0.2, -0.15) is 4.98 Å². The minimum atomic E-state index is 0.159. The number of rotatable bonds is 5. The maximum Gasteiger partial charge on any atom is 0.227 e. The van der Waals surface area contributed by atoms with Crippen molar-refractivity contribution in [1.29, 1.82) is 0 Å². The normalized spacial score (nSPS) is 12.9. The molecule has 0 fully saturated rings. The van der Waals surface area contributed by atoms with Crippen molar-refractivity contribution in [1.82, 2.24) is 25.0 Å². The lowest BCUT2D eigenvalue weighted by Gasteiger charge is -2.12. The monoisotopic (exact) mass is 285 g/mol. The van der Waals surface area contributed by atoms with Gasteiger partial charge in [0.05, 0.1) is 17.1 Å². The van der Waals surface area contributed by atoms with Crippen LogP contribution in [-0.4, -0.2) is 26.2 Å². The van der Waals surface area contributed by atoms with E-state index in [1.54, 1.807) is 0 Å². The maximum atomic E-state index is 5.10. The number of imidazole rings is 1. The number of hydrogen-bond donors (Lipinski definition) is 1. The van der Waals surface area contributed by atoms with Crippen molar-refractivity contribution in [2.75, 3.05) is 6.54 Å². The lowest BCUT2D eigenvalue weighted by atomic mass is 10.3. The fourth-order valence-corrected chi connectivity index (χ4v) is 2.48. The van der Waals surface area contributed by atoms with E-state index in [1.807, 2.05) is 32.2 Å². The first kappa shape index (κ1) is 13.8. The lowest BCUT2D eigenvalue weighted by Crippen LogP contribution is -2.23. The van der Waals surface area contributed by atoms with E-state index >= 15 is 0 Å². The summed E-state index contributed by atoms with van der Waals surface area (Å²) in [5.41, 5.74) is 2.17. The van der Waals surface area contributed by atoms with Crippen molar-refractivity contribution >= 4 is 11.0 Å². The molecular weight excluding hydrogens is 266 g/mol. The number of nitrogens with one attached hydrogen (secondary N) is 1. The van der Waals surface area contributed by atoms with Crippen LogP contribution in [0.25, 0.3) is 11.0 Å². The number of fused-ring (bicyclic) bond motifs is 1. The predicted molar refractivity (Wildman–Crippen MR) is 79.9 cm³/mol. The molecule has 110 valence electrons. The Morgan fingerprint density at radius 1 is 1.29 bits per heavy atom. The summed E-state index contributed by atoms with van der Waals surface area (Å²) in [5.74, 6) is 2.36. The smallest absolute Gasteiger partial charge is 0.227 e. The van der Waals surface area contributed by atoms with Crippen LogP contribution in [0.3, 0.4) is 0 Å². The van der Waals surface area contributed by atoms with Gasteiger partial charge in [-0.3, -0.25) is 0 Å². The van der Waals surface area contributed by atoms with Gasteiger partial charge in [0, 0.05) is 20.0 Å². The summed E-state index contributed by atoms with van der Waals surface area (Å²) in [4.78, 5) is 8.88. The van der Waals surface area contributed by atoms with Crippen molar-refractivity contribution in [2.45, 2.75) is 26.3 Å². The van der Waals surface area contributed by atoms with Crippen LogP contribution in [0, 0.1) is 6.92 Å². The second kappa shape index (κ2) is 5.65. The molecule has 3 aromatic rings. The second-order valence-electron chi connectivity index (χ2n) is 5.18. The van der Waals surface area contributed by atoms with Crippen molar-refractivity contribution < 1.29 is 4.52 Å². The highest BCUT2D eigenvalue weighted by molar-refractivity contribution is 5.75. The molecule has 1 atom stereocenters. The highest BCUT2D eigenvalue weighted by Crippen LogP contribution is 2.18. The van der Waals surface area contributed by atoms with Gasteiger partial charge in [0.1, 0.15) is 5.82 Å². The van der Waals surface area contributed by atoms with Crippen LogP contribution in [-0.2, 0) is 13.5 Å². The minimum Gasteiger partial charge on any atom is -0.339 e. The van der Waals surface area contributed by atoms with Crippen LogP contribution in [0.5, 0.6) is 0 Å². The second-order valence-corrected chi connectivity index (χ2v) is 5.18. The molecule has 1 unspecified atom stereocenters. The molecule has 21 heavy (non-hydrogen) atoms. The lowest BCUT2D eigenvalue weighted by molar-refractivity contribution is 0.369. The van der Waals surface area contributed by atoms with E-state index in [0.29, 0.717) is 11.7 Å². The summed E-state index contributed by atoms with van der Waals surface area (Å²) < 4.78 is 7.23. The molecule has 0 amide bonds. The van der Waals surface area contributed by atoms with Gasteiger partial charge in [-0.05, 0) is 26.0 Å². The van der Waals surface area contributed by atoms with Crippen molar-refractivity contribution in [3.8, 4) is 0 Å². The summed E-state index contributed by atoms with van der Waals surface area (Å²) in [7, 11) is 2.05. The summed E-state index contributed by atoms with van der Waals surface area (Å²) in [6, 6.07) is 8.32. The molecule has 0 saturated heterocycles. The first-order chi connectivity index (χ1) is 10.1. The number of aryl methyl sites for hydroxylation is 2. The van der Waals surface area contributed by atoms with E-state index in [-0.39, 0.29) is 6.04 Å². The van der Waals surface area contributed by atoms with E-state index in [1.165, 1.54) is 0 Å². The van der Waals surface area contributed by atoms with Crippen molar-refractivity contribution in [3.05, 3.63) is 41.8 Å². The third-order valence-electron chi connectivity index (χ3n) is 3.57. The molecule has 0 saturated carbocycles. The van der Waals surface area contributed by atoms with E-state index in [4.69, 9.17) is 9.51 Å². The first-order valence-electron chi connectivity index (χ1n) is 7.09. The SMILES string of the molecule is Cc1noc(CCNC(C)c2nc3ccccc3n2C)n1. The van der Waals surface area contributed by atoms with Gasteiger partial charge in [0.25, 0.3) is 0 Å². The predicted octanol–water partition coefficient (Wildman–Crippen LogP) is 2.16. The zero-order valence-electron chi connectivity index (χ0n) is 12.5. The van der Waals surface area contributed by atoms with Gasteiger partial charge >= 0.3 is 0 Å². The molecule has 1 aromatic carbocycles. The maximum absolute atomic E-state index is 5.10. The van der Waals surface area contributed by atoms with Crippen LogP contribution >= 0.6 is 0 Å². The molecule has 6 nitrogen and oxygen atoms in total. The van der Waals surface area contributed by atoms with Gasteiger partial charge in [-0.1, -0.05) is 17.3 Å². The Morgan fingerprint density at radius 3 is 2.81 bits per heavy atom. The number of benzene rings is 1. The Bertz CT molecular complexity index is 745. The highest BCUT2D eigenvalue weighted by atomic mass is 16.5. The van der Waals surface area contributed by atoms with Gasteiger partial charge in [0.15, 0.2) is 5.82 Å². The Hall–Kier alpha value is -2.21. The van der Waals surface area contributed by atoms with Gasteiger partial charge in [0.2, 0.25) is 5.89 Å². The van der Waals surface area contributed by atoms with Gasteiger partial charge in [-0.15, -0.1) is 0 Å². The molecule has 0 radical (unpaired) electrons. The zero-order chi connectivity index (χ0) is 14.8. The average molecular weight is 285 g/mol. The Kier molecular flexibility index (Phi) is 3.70. The van der Waals surface area contributed by atoms with Crippen LogP contribution in [0.2, 0.25) is 0 Å². The molecule has 2 heterocycles. The quantitative estimate of drug-likeness (QED) is 0.778. The summed E-state index contributed by atoms with van der Waals surface area (Å²) in [6.45, 7) is 4.70. The minimum absolute atomic E-state index is 0.159. The standard InChI is InChI=1S/C15H19N5O/c1-10(16-9-8-14-17-11(2)19-21-14)15-18-12-6-4-5-7-13(12)20(15)3/h4-7,10,16H,8-9H2,1-3H3. The number of nitrogens with zero attached hydrogens (tertiary/aromatic N) is 4. The summed E-state index contributed by atoms with van der Waals surface area (Å²) >= 11 is 0. The van der Waals surface area contributed by atoms with Gasteiger partial charge < -0.3 is 14.4 Å². The van der Waals surface area contributed by atoms with Crippen molar-refractivity contribution in [2.24, 2.45) is 7.05 Å². The molecule has 3 rings (SSSR count). The third kappa shape index (κ3) is 2.80. The summed E-state index contributed by atoms with van der Waals surface area (Å²) in [6.07, 6.45) is 0.717. The number of para-hydroxylation sites is 2. The first-order valence-corrected chi connectivity index (χ1v) is 7.09. The van der Waals surface area contributed by atoms with Crippen molar-refractivity contribution in [3.63, 3.8) is 0 Å². The van der Waals surface area contributed by atoms with E-state index < -0.39 is 0 Å². The fraction of sp³-hybridized carbons (Fsp3) is 0.400. The number of aromatic nitrogens is 4. The van der Waals surface area contributed by atoms with E-state index in [9.17, 15) is 0 Å². The van der Waals surface area contributed by atoms with Crippen LogP contribution in [0.15, 0.2) is 28.8 Å². The molecule has 0 aliphatic heterocycles. The molecule has 0 bridgehead atoms. The number of hydrogen-bond acceptors (Lipinski definition) is 5. The summed E-state index contributed by atoms with van der Waals surface area (Å²) in [5, 5.41) is 7.23. The molecule has 1 N–H and O–H groups in total. The topological polar surface area (TPSA) is 68.8 Å². The Morgan fingerprint density at radius 2 is 2.10 bits per heavy atom. The third-order valence-corrected chi connectivity index (χ3v) is 3.57. The fourth-order valence-electron chi connectivity index (χ4n) is 2.48. The van der Waals surface area contributed by atoms with Gasteiger partial charge in [-0.25, -0.2) is 4.98 Å². The molecule has 0 aliphatic rings. The average Bonchev–Trinajstić information content (AvgIpc) is 3.03. The molecule has 6 heteroatoms. The Balaban J connectivity index is 1.66. The van der Waals surface area contributed by atoms with Crippen LogP contribution in [0.4, 0.5) is 0 Å². The molecule has 2 aromatic heterocycles. The highest BCUT2D eigenvalue weighted by Gasteiger charge is 2.14. The molecular formula is C15H19N5O. The van der Waals surface area contributed by atoms with Crippen LogP contribution in [0.1, 0.15) is 30.5 Å². The molecule has 0 aliphatic carbocycles. The van der Waals surface area contributed by atoms with E-state index in [2.05, 4.69) is 33.0 Å².